The number of benzene rings is 3. The van der Waals surface area contributed by atoms with E-state index in [1.807, 2.05) is 30.3 Å². The average Bonchev–Trinajstić information content (AvgIpc) is 3.28. The molecule has 1 saturated heterocycles. The van der Waals surface area contributed by atoms with E-state index < -0.39 is 28.8 Å². The summed E-state index contributed by atoms with van der Waals surface area (Å²) >= 11 is 0. The third-order valence-electron chi connectivity index (χ3n) is 5.19. The summed E-state index contributed by atoms with van der Waals surface area (Å²) in [6.45, 7) is 0. The maximum absolute atomic E-state index is 13.2. The van der Waals surface area contributed by atoms with Gasteiger partial charge in [-0.15, -0.1) is 0 Å². The number of non-ortho nitro benzene ring substituents is 1. The largest absolute Gasteiger partial charge is 0.381 e. The van der Waals surface area contributed by atoms with E-state index in [1.54, 1.807) is 12.1 Å². The first-order valence-electron chi connectivity index (χ1n) is 8.90. The van der Waals surface area contributed by atoms with Crippen LogP contribution >= 0.6 is 0 Å². The Labute approximate surface area is 164 Å². The Balaban J connectivity index is 1.54. The zero-order chi connectivity index (χ0) is 20.1. The van der Waals surface area contributed by atoms with Gasteiger partial charge in [-0.05, 0) is 23.6 Å². The van der Waals surface area contributed by atoms with Gasteiger partial charge in [0.05, 0.1) is 10.6 Å². The Morgan fingerprint density at radius 3 is 2.41 bits per heavy atom. The smallest absolute Gasteiger partial charge is 0.278 e. The fourth-order valence-corrected chi connectivity index (χ4v) is 3.81. The Morgan fingerprint density at radius 1 is 0.931 bits per heavy atom. The number of fused-ring (bicyclic) bond motifs is 2. The molecule has 3 aromatic rings. The highest BCUT2D eigenvalue weighted by molar-refractivity contribution is 6.33. The zero-order valence-electron chi connectivity index (χ0n) is 14.9. The summed E-state index contributed by atoms with van der Waals surface area (Å²) in [5.74, 6) is -1.79. The summed E-state index contributed by atoms with van der Waals surface area (Å²) in [6, 6.07) is 18.6. The number of nitro groups is 1. The van der Waals surface area contributed by atoms with Crippen molar-refractivity contribution in [3.63, 3.8) is 0 Å². The Bertz CT molecular complexity index is 1210. The van der Waals surface area contributed by atoms with E-state index in [2.05, 4.69) is 5.16 Å². The number of hydrogen-bond donors (Lipinski definition) is 0. The van der Waals surface area contributed by atoms with Crippen molar-refractivity contribution in [2.75, 3.05) is 4.90 Å². The summed E-state index contributed by atoms with van der Waals surface area (Å²) in [4.78, 5) is 43.0. The lowest BCUT2D eigenvalue weighted by Crippen LogP contribution is -2.33. The first kappa shape index (κ1) is 17.1. The molecule has 0 aromatic heterocycles. The number of anilines is 1. The molecule has 8 heteroatoms. The van der Waals surface area contributed by atoms with Crippen LogP contribution in [0.25, 0.3) is 10.8 Å². The number of nitrogens with zero attached hydrogens (tertiary/aromatic N) is 3. The Morgan fingerprint density at radius 2 is 1.66 bits per heavy atom. The van der Waals surface area contributed by atoms with Gasteiger partial charge in [-0.3, -0.25) is 19.7 Å². The number of carbonyl (C=O) groups excluding carboxylic acids is 2. The number of amides is 2. The topological polar surface area (TPSA) is 102 Å². The number of oxime groups is 1. The van der Waals surface area contributed by atoms with E-state index >= 15 is 0 Å². The lowest BCUT2D eigenvalue weighted by molar-refractivity contribution is -0.384. The molecule has 2 amide bonds. The Hall–Kier alpha value is -4.07. The molecule has 3 aromatic carbocycles. The summed E-state index contributed by atoms with van der Waals surface area (Å²) in [7, 11) is 0. The fourth-order valence-electron chi connectivity index (χ4n) is 3.81. The minimum atomic E-state index is -1.04. The van der Waals surface area contributed by atoms with Gasteiger partial charge in [0, 0.05) is 23.1 Å². The quantitative estimate of drug-likeness (QED) is 0.390. The molecule has 0 bridgehead atoms. The van der Waals surface area contributed by atoms with Crippen molar-refractivity contribution in [2.45, 2.75) is 6.10 Å². The molecule has 0 spiro atoms. The molecule has 0 N–H and O–H groups in total. The second-order valence-electron chi connectivity index (χ2n) is 6.79. The minimum Gasteiger partial charge on any atom is -0.381 e. The van der Waals surface area contributed by atoms with Crippen LogP contribution in [-0.4, -0.2) is 28.6 Å². The molecular formula is C21H13N3O5. The van der Waals surface area contributed by atoms with Crippen molar-refractivity contribution < 1.29 is 19.3 Å². The van der Waals surface area contributed by atoms with Crippen molar-refractivity contribution in [3.05, 3.63) is 82.4 Å². The summed E-state index contributed by atoms with van der Waals surface area (Å²) < 4.78 is 0. The highest BCUT2D eigenvalue weighted by Crippen LogP contribution is 2.38. The minimum absolute atomic E-state index is 0.0731. The predicted molar refractivity (Wildman–Crippen MR) is 104 cm³/mol. The Kier molecular flexibility index (Phi) is 3.67. The molecule has 142 valence electrons. The highest BCUT2D eigenvalue weighted by Gasteiger charge is 2.56. The van der Waals surface area contributed by atoms with E-state index in [4.69, 9.17) is 4.84 Å². The summed E-state index contributed by atoms with van der Waals surface area (Å²) in [5.41, 5.74) is 1.23. The highest BCUT2D eigenvalue weighted by atomic mass is 16.7. The molecule has 0 saturated carbocycles. The van der Waals surface area contributed by atoms with Gasteiger partial charge < -0.3 is 4.84 Å². The second-order valence-corrected chi connectivity index (χ2v) is 6.79. The van der Waals surface area contributed by atoms with Crippen molar-refractivity contribution >= 4 is 39.7 Å². The van der Waals surface area contributed by atoms with Crippen LogP contribution in [0.15, 0.2) is 71.9 Å². The van der Waals surface area contributed by atoms with Crippen LogP contribution in [0.4, 0.5) is 11.4 Å². The summed E-state index contributed by atoms with van der Waals surface area (Å²) in [6.07, 6.45) is -1.04. The van der Waals surface area contributed by atoms with Crippen LogP contribution in [0.1, 0.15) is 5.56 Å². The van der Waals surface area contributed by atoms with E-state index in [9.17, 15) is 19.7 Å². The predicted octanol–water partition coefficient (Wildman–Crippen LogP) is 3.04. The number of rotatable bonds is 3. The molecule has 0 unspecified atom stereocenters. The van der Waals surface area contributed by atoms with Gasteiger partial charge in [0.2, 0.25) is 12.0 Å². The van der Waals surface area contributed by atoms with Crippen LogP contribution in [0, 0.1) is 16.0 Å². The van der Waals surface area contributed by atoms with Gasteiger partial charge in [-0.25, -0.2) is 4.90 Å². The second kappa shape index (κ2) is 6.23. The third-order valence-corrected chi connectivity index (χ3v) is 5.19. The van der Waals surface area contributed by atoms with Gasteiger partial charge in [0.25, 0.3) is 11.6 Å². The molecule has 5 rings (SSSR count). The fraction of sp³-hybridized carbons (Fsp3) is 0.0952. The normalized spacial score (nSPS) is 20.6. The van der Waals surface area contributed by atoms with Crippen LogP contribution in [0.2, 0.25) is 0 Å². The summed E-state index contributed by atoms with van der Waals surface area (Å²) in [5, 5.41) is 16.5. The standard InChI is InChI=1S/C21H13N3O5/c25-20-17-18(13-8-10-14(11-9-13)24(27)28)22-29-19(17)21(26)23(20)16-7-3-5-12-4-1-2-6-15(12)16/h1-11,17,19H/t17-,19+/m1/s1. The number of imide groups is 1. The maximum Gasteiger partial charge on any atom is 0.278 e. The van der Waals surface area contributed by atoms with Crippen LogP contribution in [-0.2, 0) is 14.4 Å². The third kappa shape index (κ3) is 2.49. The van der Waals surface area contributed by atoms with Gasteiger partial charge in [0.15, 0.2) is 0 Å². The lowest BCUT2D eigenvalue weighted by Gasteiger charge is -2.17. The van der Waals surface area contributed by atoms with Crippen molar-refractivity contribution in [1.82, 2.24) is 0 Å². The van der Waals surface area contributed by atoms with E-state index in [1.165, 1.54) is 24.3 Å². The van der Waals surface area contributed by atoms with Crippen LogP contribution in [0.5, 0.6) is 0 Å². The van der Waals surface area contributed by atoms with Gasteiger partial charge in [0.1, 0.15) is 11.6 Å². The molecular weight excluding hydrogens is 374 g/mol. The van der Waals surface area contributed by atoms with Crippen molar-refractivity contribution in [2.24, 2.45) is 11.1 Å². The number of hydrogen-bond acceptors (Lipinski definition) is 6. The molecule has 0 aliphatic carbocycles. The van der Waals surface area contributed by atoms with Gasteiger partial charge in [-0.2, -0.15) is 0 Å². The molecule has 2 atom stereocenters. The zero-order valence-corrected chi connectivity index (χ0v) is 14.9. The molecule has 0 radical (unpaired) electrons. The van der Waals surface area contributed by atoms with Crippen LogP contribution in [0.3, 0.4) is 0 Å². The van der Waals surface area contributed by atoms with Gasteiger partial charge in [-0.1, -0.05) is 41.6 Å². The van der Waals surface area contributed by atoms with Gasteiger partial charge >= 0.3 is 0 Å². The van der Waals surface area contributed by atoms with Crippen molar-refractivity contribution in [3.8, 4) is 0 Å². The molecule has 2 aliphatic heterocycles. The molecule has 2 aliphatic rings. The average molecular weight is 387 g/mol. The molecule has 2 heterocycles. The first-order chi connectivity index (χ1) is 14.1. The maximum atomic E-state index is 13.2. The molecule has 1 fully saturated rings. The molecule has 29 heavy (non-hydrogen) atoms. The van der Waals surface area contributed by atoms with Crippen LogP contribution < -0.4 is 4.90 Å². The van der Waals surface area contributed by atoms with E-state index in [-0.39, 0.29) is 5.69 Å². The first-order valence-corrected chi connectivity index (χ1v) is 8.90. The molecule has 8 nitrogen and oxygen atoms in total. The van der Waals surface area contributed by atoms with E-state index in [0.29, 0.717) is 17.0 Å². The number of carbonyl (C=O) groups is 2. The number of nitro benzene ring substituents is 1. The lowest BCUT2D eigenvalue weighted by atomic mass is 9.94. The monoisotopic (exact) mass is 387 g/mol. The SMILES string of the molecule is O=C1[C@@H]2C(c3ccc([N+](=O)[O-])cc3)=NO[C@@H]2C(=O)N1c1cccc2ccccc12. The van der Waals surface area contributed by atoms with Crippen molar-refractivity contribution in [1.29, 1.82) is 0 Å². The van der Waals surface area contributed by atoms with E-state index in [0.717, 1.165) is 15.7 Å².